The van der Waals surface area contributed by atoms with Gasteiger partial charge in [0.1, 0.15) is 11.5 Å². The minimum Gasteiger partial charge on any atom is -0.467 e. The smallest absolute Gasteiger partial charge is 0.227 e. The molecule has 2 aromatic rings. The molecule has 0 aromatic carbocycles. The molecule has 2 aromatic heterocycles. The zero-order chi connectivity index (χ0) is 14.0. The van der Waals surface area contributed by atoms with Crippen molar-refractivity contribution in [1.82, 2.24) is 10.1 Å². The lowest BCUT2D eigenvalue weighted by molar-refractivity contribution is -0.131. The van der Waals surface area contributed by atoms with Gasteiger partial charge in [0.15, 0.2) is 0 Å². The van der Waals surface area contributed by atoms with E-state index >= 15 is 0 Å². The first kappa shape index (κ1) is 13.4. The first-order valence-corrected chi connectivity index (χ1v) is 6.21. The van der Waals surface area contributed by atoms with Gasteiger partial charge < -0.3 is 13.8 Å². The van der Waals surface area contributed by atoms with Crippen molar-refractivity contribution in [2.24, 2.45) is 0 Å². The lowest BCUT2D eigenvalue weighted by atomic mass is 10.1. The molecule has 19 heavy (non-hydrogen) atoms. The molecule has 0 saturated carbocycles. The molecular formula is C14H18N2O3. The molecule has 5 nitrogen and oxygen atoms in total. The van der Waals surface area contributed by atoms with Gasteiger partial charge in [-0.05, 0) is 32.9 Å². The Labute approximate surface area is 112 Å². The topological polar surface area (TPSA) is 59.5 Å². The van der Waals surface area contributed by atoms with E-state index in [-0.39, 0.29) is 11.9 Å². The largest absolute Gasteiger partial charge is 0.467 e. The van der Waals surface area contributed by atoms with Crippen LogP contribution in [0.1, 0.15) is 35.7 Å². The lowest BCUT2D eigenvalue weighted by Gasteiger charge is -2.23. The van der Waals surface area contributed by atoms with Crippen molar-refractivity contribution in [1.29, 1.82) is 0 Å². The van der Waals surface area contributed by atoms with Crippen molar-refractivity contribution in [2.45, 2.75) is 33.2 Å². The standard InChI is InChI=1S/C14H18N2O3/c1-9-12(11(3)19-15-9)8-14(17)16(4)10(2)13-6-5-7-18-13/h5-7,10H,8H2,1-4H3. The summed E-state index contributed by atoms with van der Waals surface area (Å²) >= 11 is 0. The molecule has 5 heteroatoms. The van der Waals surface area contributed by atoms with Gasteiger partial charge in [0.05, 0.1) is 24.4 Å². The Kier molecular flexibility index (Phi) is 3.74. The van der Waals surface area contributed by atoms with Gasteiger partial charge in [-0.25, -0.2) is 0 Å². The lowest BCUT2D eigenvalue weighted by Crippen LogP contribution is -2.31. The highest BCUT2D eigenvalue weighted by Crippen LogP contribution is 2.21. The Morgan fingerprint density at radius 3 is 2.74 bits per heavy atom. The summed E-state index contributed by atoms with van der Waals surface area (Å²) in [7, 11) is 1.77. The number of aryl methyl sites for hydroxylation is 2. The van der Waals surface area contributed by atoms with Crippen LogP contribution in [-0.2, 0) is 11.2 Å². The van der Waals surface area contributed by atoms with E-state index in [4.69, 9.17) is 8.94 Å². The molecule has 0 radical (unpaired) electrons. The molecule has 1 atom stereocenters. The number of hydrogen-bond acceptors (Lipinski definition) is 4. The van der Waals surface area contributed by atoms with E-state index < -0.39 is 0 Å². The van der Waals surface area contributed by atoms with Crippen molar-refractivity contribution in [3.8, 4) is 0 Å². The Balaban J connectivity index is 2.08. The third-order valence-corrected chi connectivity index (χ3v) is 3.44. The zero-order valence-electron chi connectivity index (χ0n) is 11.6. The van der Waals surface area contributed by atoms with E-state index in [1.165, 1.54) is 0 Å². The van der Waals surface area contributed by atoms with Crippen molar-refractivity contribution in [3.05, 3.63) is 41.2 Å². The van der Waals surface area contributed by atoms with Gasteiger partial charge >= 0.3 is 0 Å². The fourth-order valence-corrected chi connectivity index (χ4v) is 1.97. The number of hydrogen-bond donors (Lipinski definition) is 0. The summed E-state index contributed by atoms with van der Waals surface area (Å²) in [6.45, 7) is 5.59. The first-order valence-electron chi connectivity index (χ1n) is 6.21. The van der Waals surface area contributed by atoms with Crippen molar-refractivity contribution < 1.29 is 13.7 Å². The summed E-state index contributed by atoms with van der Waals surface area (Å²) in [5, 5.41) is 3.86. The highest BCUT2D eigenvalue weighted by molar-refractivity contribution is 5.79. The predicted octanol–water partition coefficient (Wildman–Crippen LogP) is 2.65. The van der Waals surface area contributed by atoms with Crippen LogP contribution >= 0.6 is 0 Å². The maximum atomic E-state index is 12.3. The van der Waals surface area contributed by atoms with E-state index in [2.05, 4.69) is 5.16 Å². The van der Waals surface area contributed by atoms with Crippen LogP contribution < -0.4 is 0 Å². The molecule has 0 aliphatic rings. The van der Waals surface area contributed by atoms with Crippen LogP contribution in [0.3, 0.4) is 0 Å². The van der Waals surface area contributed by atoms with Crippen LogP contribution in [-0.4, -0.2) is 23.0 Å². The third-order valence-electron chi connectivity index (χ3n) is 3.44. The van der Waals surface area contributed by atoms with E-state index in [9.17, 15) is 4.79 Å². The van der Waals surface area contributed by atoms with Gasteiger partial charge in [-0.15, -0.1) is 0 Å². The summed E-state index contributed by atoms with van der Waals surface area (Å²) in [6, 6.07) is 3.59. The molecular weight excluding hydrogens is 244 g/mol. The molecule has 2 rings (SSSR count). The van der Waals surface area contributed by atoms with Gasteiger partial charge in [0, 0.05) is 12.6 Å². The molecule has 0 bridgehead atoms. The molecule has 2 heterocycles. The second kappa shape index (κ2) is 5.30. The zero-order valence-corrected chi connectivity index (χ0v) is 11.6. The number of nitrogens with zero attached hydrogens (tertiary/aromatic N) is 2. The van der Waals surface area contributed by atoms with E-state index in [1.807, 2.05) is 32.9 Å². The predicted molar refractivity (Wildman–Crippen MR) is 69.6 cm³/mol. The summed E-state index contributed by atoms with van der Waals surface area (Å²) in [5.41, 5.74) is 1.63. The summed E-state index contributed by atoms with van der Waals surface area (Å²) in [5.74, 6) is 1.48. The SMILES string of the molecule is Cc1noc(C)c1CC(=O)N(C)C(C)c1ccco1. The number of aromatic nitrogens is 1. The van der Waals surface area contributed by atoms with E-state index in [1.54, 1.807) is 18.2 Å². The fourth-order valence-electron chi connectivity index (χ4n) is 1.97. The van der Waals surface area contributed by atoms with Crippen LogP contribution in [0.4, 0.5) is 0 Å². The number of amides is 1. The van der Waals surface area contributed by atoms with Crippen LogP contribution in [0.5, 0.6) is 0 Å². The van der Waals surface area contributed by atoms with Gasteiger partial charge in [-0.1, -0.05) is 5.16 Å². The molecule has 0 saturated heterocycles. The fraction of sp³-hybridized carbons (Fsp3) is 0.429. The Bertz CT molecular complexity index is 538. The van der Waals surface area contributed by atoms with Crippen LogP contribution in [0.2, 0.25) is 0 Å². The van der Waals surface area contributed by atoms with E-state index in [0.29, 0.717) is 12.2 Å². The Morgan fingerprint density at radius 1 is 1.47 bits per heavy atom. The van der Waals surface area contributed by atoms with Crippen molar-refractivity contribution in [3.63, 3.8) is 0 Å². The minimum absolute atomic E-state index is 0.0123. The quantitative estimate of drug-likeness (QED) is 0.849. The van der Waals surface area contributed by atoms with Crippen LogP contribution in [0.15, 0.2) is 27.3 Å². The number of rotatable bonds is 4. The van der Waals surface area contributed by atoms with Gasteiger partial charge in [0.25, 0.3) is 0 Å². The molecule has 0 aliphatic heterocycles. The van der Waals surface area contributed by atoms with Gasteiger partial charge in [0.2, 0.25) is 5.91 Å². The minimum atomic E-state index is -0.0945. The maximum absolute atomic E-state index is 12.3. The molecule has 1 unspecified atom stereocenters. The summed E-state index contributed by atoms with van der Waals surface area (Å²) < 4.78 is 10.4. The summed E-state index contributed by atoms with van der Waals surface area (Å²) in [4.78, 5) is 13.9. The Hall–Kier alpha value is -2.04. The van der Waals surface area contributed by atoms with Gasteiger partial charge in [-0.3, -0.25) is 4.79 Å². The molecule has 102 valence electrons. The highest BCUT2D eigenvalue weighted by Gasteiger charge is 2.22. The number of likely N-dealkylation sites (N-methyl/N-ethyl adjacent to an activating group) is 1. The number of carbonyl (C=O) groups excluding carboxylic acids is 1. The van der Waals surface area contributed by atoms with Crippen LogP contribution in [0, 0.1) is 13.8 Å². The van der Waals surface area contributed by atoms with Crippen LogP contribution in [0.25, 0.3) is 0 Å². The average Bonchev–Trinajstić information content (AvgIpc) is 3.02. The highest BCUT2D eigenvalue weighted by atomic mass is 16.5. The number of carbonyl (C=O) groups is 1. The van der Waals surface area contributed by atoms with Crippen molar-refractivity contribution in [2.75, 3.05) is 7.05 Å². The maximum Gasteiger partial charge on any atom is 0.227 e. The third kappa shape index (κ3) is 2.70. The molecule has 0 aliphatic carbocycles. The monoisotopic (exact) mass is 262 g/mol. The van der Waals surface area contributed by atoms with E-state index in [0.717, 1.165) is 17.0 Å². The van der Waals surface area contributed by atoms with Gasteiger partial charge in [-0.2, -0.15) is 0 Å². The first-order chi connectivity index (χ1) is 9.00. The number of furan rings is 1. The Morgan fingerprint density at radius 2 is 2.21 bits per heavy atom. The molecule has 1 amide bonds. The second-order valence-corrected chi connectivity index (χ2v) is 4.68. The molecule has 0 fully saturated rings. The average molecular weight is 262 g/mol. The molecule has 0 spiro atoms. The second-order valence-electron chi connectivity index (χ2n) is 4.68. The molecule has 0 N–H and O–H groups in total. The summed E-state index contributed by atoms with van der Waals surface area (Å²) in [6.07, 6.45) is 1.90. The normalized spacial score (nSPS) is 12.4. The van der Waals surface area contributed by atoms with Crippen molar-refractivity contribution >= 4 is 5.91 Å².